The number of benzene rings is 3. The van der Waals surface area contributed by atoms with Crippen molar-refractivity contribution in [3.8, 4) is 5.75 Å². The number of hydrogen-bond acceptors (Lipinski definition) is 5. The summed E-state index contributed by atoms with van der Waals surface area (Å²) in [6, 6.07) is 20.8. The van der Waals surface area contributed by atoms with Crippen molar-refractivity contribution < 1.29 is 19.1 Å². The summed E-state index contributed by atoms with van der Waals surface area (Å²) in [5.41, 5.74) is 3.16. The van der Waals surface area contributed by atoms with E-state index in [0.29, 0.717) is 16.5 Å². The SMILES string of the molecule is COc1ccc(Cl)cc1NC(=O)[C@@H]1[C@@H]2C(=O)N(Cc3ccccc3)C(=O)[C@H]2[C@H]2c3ccccc3C=CN12. The largest absolute Gasteiger partial charge is 0.495 e. The van der Waals surface area contributed by atoms with Crippen LogP contribution < -0.4 is 10.1 Å². The van der Waals surface area contributed by atoms with Crippen LogP contribution in [-0.4, -0.2) is 40.7 Å². The number of rotatable bonds is 5. The molecule has 0 spiro atoms. The van der Waals surface area contributed by atoms with Gasteiger partial charge in [0.25, 0.3) is 0 Å². The van der Waals surface area contributed by atoms with Crippen LogP contribution in [0.1, 0.15) is 22.7 Å². The van der Waals surface area contributed by atoms with Crippen LogP contribution in [0, 0.1) is 11.8 Å². The number of amides is 3. The van der Waals surface area contributed by atoms with Gasteiger partial charge >= 0.3 is 0 Å². The molecule has 3 heterocycles. The Bertz CT molecular complexity index is 1440. The highest BCUT2D eigenvalue weighted by atomic mass is 35.5. The van der Waals surface area contributed by atoms with Crippen molar-refractivity contribution in [3.05, 3.63) is 101 Å². The fraction of sp³-hybridized carbons (Fsp3) is 0.207. The minimum atomic E-state index is -0.888. The highest BCUT2D eigenvalue weighted by Crippen LogP contribution is 2.53. The monoisotopic (exact) mass is 513 g/mol. The molecule has 2 fully saturated rings. The lowest BCUT2D eigenvalue weighted by atomic mass is 9.84. The maximum Gasteiger partial charge on any atom is 0.248 e. The molecule has 8 heteroatoms. The molecule has 3 aromatic rings. The summed E-state index contributed by atoms with van der Waals surface area (Å²) < 4.78 is 5.40. The molecular formula is C29H24ClN3O4. The maximum absolute atomic E-state index is 13.9. The van der Waals surface area contributed by atoms with Crippen molar-refractivity contribution >= 4 is 41.1 Å². The van der Waals surface area contributed by atoms with Gasteiger partial charge in [-0.25, -0.2) is 0 Å². The van der Waals surface area contributed by atoms with Gasteiger partial charge in [0.1, 0.15) is 11.8 Å². The van der Waals surface area contributed by atoms with E-state index in [4.69, 9.17) is 16.3 Å². The normalized spacial score (nSPS) is 23.5. The molecule has 0 bridgehead atoms. The summed E-state index contributed by atoms with van der Waals surface area (Å²) >= 11 is 6.18. The Morgan fingerprint density at radius 3 is 2.49 bits per heavy atom. The summed E-state index contributed by atoms with van der Waals surface area (Å²) in [7, 11) is 1.51. The van der Waals surface area contributed by atoms with Crippen LogP contribution in [-0.2, 0) is 20.9 Å². The Balaban J connectivity index is 1.40. The first kappa shape index (κ1) is 23.3. The molecule has 3 amide bonds. The zero-order valence-corrected chi connectivity index (χ0v) is 20.8. The quantitative estimate of drug-likeness (QED) is 0.508. The minimum absolute atomic E-state index is 0.173. The number of carbonyl (C=O) groups excluding carboxylic acids is 3. The molecule has 6 rings (SSSR count). The summed E-state index contributed by atoms with van der Waals surface area (Å²) in [5.74, 6) is -2.05. The third-order valence-corrected chi connectivity index (χ3v) is 7.66. The zero-order chi connectivity index (χ0) is 25.7. The molecule has 3 aromatic carbocycles. The number of anilines is 1. The van der Waals surface area contributed by atoms with E-state index < -0.39 is 29.8 Å². The van der Waals surface area contributed by atoms with Gasteiger partial charge in [0.15, 0.2) is 0 Å². The van der Waals surface area contributed by atoms with Gasteiger partial charge in [-0.3, -0.25) is 19.3 Å². The van der Waals surface area contributed by atoms with Gasteiger partial charge in [0.05, 0.1) is 37.2 Å². The van der Waals surface area contributed by atoms with E-state index in [1.54, 1.807) is 18.2 Å². The Hall–Kier alpha value is -4.10. The summed E-state index contributed by atoms with van der Waals surface area (Å²) in [6.07, 6.45) is 3.75. The standard InChI is InChI=1S/C29H24ClN3O4/c1-37-22-12-11-19(30)15-21(22)31-27(34)26-24-23(25-20-10-6-5-9-18(20)13-14-32(25)26)28(35)33(29(24)36)16-17-7-3-2-4-8-17/h2-15,23-26H,16H2,1H3,(H,31,34)/t23-,24-,25-,26+/m1/s1. The first-order valence-corrected chi connectivity index (χ1v) is 12.4. The number of carbonyl (C=O) groups is 3. The number of likely N-dealkylation sites (tertiary alicyclic amines) is 1. The highest BCUT2D eigenvalue weighted by molar-refractivity contribution is 6.31. The van der Waals surface area contributed by atoms with Gasteiger partial charge in [0.2, 0.25) is 17.7 Å². The maximum atomic E-state index is 13.9. The van der Waals surface area contributed by atoms with Crippen molar-refractivity contribution in [2.24, 2.45) is 11.8 Å². The smallest absolute Gasteiger partial charge is 0.248 e. The molecular weight excluding hydrogens is 490 g/mol. The molecule has 0 unspecified atom stereocenters. The minimum Gasteiger partial charge on any atom is -0.495 e. The third kappa shape index (κ3) is 3.78. The lowest BCUT2D eigenvalue weighted by Crippen LogP contribution is -2.46. The molecule has 0 saturated carbocycles. The van der Waals surface area contributed by atoms with E-state index in [1.807, 2.05) is 71.8 Å². The van der Waals surface area contributed by atoms with E-state index in [0.717, 1.165) is 16.7 Å². The van der Waals surface area contributed by atoms with Crippen LogP contribution in [0.3, 0.4) is 0 Å². The third-order valence-electron chi connectivity index (χ3n) is 7.42. The van der Waals surface area contributed by atoms with Gasteiger partial charge in [-0.2, -0.15) is 0 Å². The van der Waals surface area contributed by atoms with Crippen LogP contribution in [0.4, 0.5) is 5.69 Å². The van der Waals surface area contributed by atoms with Crippen LogP contribution in [0.2, 0.25) is 5.02 Å². The predicted octanol–water partition coefficient (Wildman–Crippen LogP) is 4.50. The van der Waals surface area contributed by atoms with E-state index in [9.17, 15) is 14.4 Å². The van der Waals surface area contributed by atoms with E-state index in [-0.39, 0.29) is 18.4 Å². The van der Waals surface area contributed by atoms with Crippen LogP contribution in [0.5, 0.6) is 5.75 Å². The van der Waals surface area contributed by atoms with Gasteiger partial charge in [0, 0.05) is 11.2 Å². The van der Waals surface area contributed by atoms with Gasteiger partial charge in [-0.05, 0) is 41.0 Å². The molecule has 3 aliphatic heterocycles. The van der Waals surface area contributed by atoms with Gasteiger partial charge in [-0.15, -0.1) is 0 Å². The lowest BCUT2D eigenvalue weighted by Gasteiger charge is -2.35. The second kappa shape index (κ2) is 9.09. The predicted molar refractivity (Wildman–Crippen MR) is 139 cm³/mol. The molecule has 7 nitrogen and oxygen atoms in total. The fourth-order valence-electron chi connectivity index (χ4n) is 5.83. The zero-order valence-electron chi connectivity index (χ0n) is 20.0. The average Bonchev–Trinajstić information content (AvgIpc) is 3.38. The Morgan fingerprint density at radius 1 is 0.973 bits per heavy atom. The van der Waals surface area contributed by atoms with Crippen LogP contribution >= 0.6 is 11.6 Å². The number of methoxy groups -OCH3 is 1. The number of nitrogens with one attached hydrogen (secondary N) is 1. The number of ether oxygens (including phenoxy) is 1. The van der Waals surface area contributed by atoms with Crippen molar-refractivity contribution in [2.45, 2.75) is 18.6 Å². The first-order chi connectivity index (χ1) is 18.0. The van der Waals surface area contributed by atoms with Gasteiger partial charge < -0.3 is 15.0 Å². The van der Waals surface area contributed by atoms with Crippen molar-refractivity contribution in [2.75, 3.05) is 12.4 Å². The topological polar surface area (TPSA) is 79.0 Å². The van der Waals surface area contributed by atoms with Gasteiger partial charge in [-0.1, -0.05) is 66.2 Å². The van der Waals surface area contributed by atoms with E-state index >= 15 is 0 Å². The summed E-state index contributed by atoms with van der Waals surface area (Å²) in [6.45, 7) is 0.173. The van der Waals surface area contributed by atoms with Crippen LogP contribution in [0.25, 0.3) is 6.08 Å². The van der Waals surface area contributed by atoms with Crippen molar-refractivity contribution in [1.82, 2.24) is 9.80 Å². The molecule has 3 aliphatic rings. The molecule has 0 aliphatic carbocycles. The van der Waals surface area contributed by atoms with Crippen molar-refractivity contribution in [1.29, 1.82) is 0 Å². The Morgan fingerprint density at radius 2 is 1.70 bits per heavy atom. The van der Waals surface area contributed by atoms with E-state index in [2.05, 4.69) is 5.32 Å². The molecule has 186 valence electrons. The number of hydrogen-bond donors (Lipinski definition) is 1. The summed E-state index contributed by atoms with van der Waals surface area (Å²) in [4.78, 5) is 44.7. The average molecular weight is 514 g/mol. The Kier molecular flexibility index (Phi) is 5.72. The van der Waals surface area contributed by atoms with E-state index in [1.165, 1.54) is 12.0 Å². The fourth-order valence-corrected chi connectivity index (χ4v) is 6.00. The van der Waals surface area contributed by atoms with Crippen molar-refractivity contribution in [3.63, 3.8) is 0 Å². The molecule has 0 radical (unpaired) electrons. The lowest BCUT2D eigenvalue weighted by molar-refractivity contribution is -0.143. The molecule has 4 atom stereocenters. The molecule has 1 N–H and O–H groups in total. The number of halogens is 1. The highest BCUT2D eigenvalue weighted by Gasteiger charge is 2.64. The molecule has 2 saturated heterocycles. The Labute approximate surface area is 219 Å². The number of nitrogens with zero attached hydrogens (tertiary/aromatic N) is 2. The summed E-state index contributed by atoms with van der Waals surface area (Å²) in [5, 5.41) is 3.34. The second-order valence-electron chi connectivity index (χ2n) is 9.42. The first-order valence-electron chi connectivity index (χ1n) is 12.1. The molecule has 37 heavy (non-hydrogen) atoms. The van der Waals surface area contributed by atoms with Crippen LogP contribution in [0.15, 0.2) is 79.0 Å². The number of imide groups is 1. The number of fused-ring (bicyclic) bond motifs is 5. The molecule has 0 aromatic heterocycles. The second-order valence-corrected chi connectivity index (χ2v) is 9.85.